The molecule has 34 heavy (non-hydrogen) atoms. The number of para-hydroxylation sites is 1. The molecule has 8 heteroatoms. The molecular formula is C26H27NO7. The van der Waals surface area contributed by atoms with Crippen molar-refractivity contribution in [2.75, 3.05) is 20.3 Å². The van der Waals surface area contributed by atoms with Gasteiger partial charge in [0, 0.05) is 31.6 Å². The van der Waals surface area contributed by atoms with E-state index in [1.807, 2.05) is 24.3 Å². The monoisotopic (exact) mass is 465 g/mol. The molecule has 8 nitrogen and oxygen atoms in total. The smallest absolute Gasteiger partial charge is 0.286 e. The van der Waals surface area contributed by atoms with Crippen molar-refractivity contribution < 1.29 is 28.5 Å². The van der Waals surface area contributed by atoms with Crippen LogP contribution < -0.4 is 10.7 Å². The van der Waals surface area contributed by atoms with Gasteiger partial charge in [0.2, 0.25) is 6.29 Å². The average Bonchev–Trinajstić information content (AvgIpc) is 2.88. The molecule has 0 fully saturated rings. The molecule has 2 heterocycles. The minimum absolute atomic E-state index is 0.0325. The molecule has 1 aromatic heterocycles. The Morgan fingerprint density at radius 1 is 1.15 bits per heavy atom. The summed E-state index contributed by atoms with van der Waals surface area (Å²) in [6.45, 7) is 0.894. The third kappa shape index (κ3) is 5.53. The zero-order valence-corrected chi connectivity index (χ0v) is 18.9. The zero-order chi connectivity index (χ0) is 23.9. The van der Waals surface area contributed by atoms with Crippen LogP contribution in [0.1, 0.15) is 29.0 Å². The lowest BCUT2D eigenvalue weighted by molar-refractivity contribution is -0.150. The summed E-state index contributed by atoms with van der Waals surface area (Å²) in [5.74, 6) is -0.757. The fourth-order valence-corrected chi connectivity index (χ4v) is 3.77. The molecule has 0 bridgehead atoms. The number of allylic oxidation sites excluding steroid dienone is 1. The first-order chi connectivity index (χ1) is 16.6. The molecule has 1 amide bonds. The van der Waals surface area contributed by atoms with Crippen LogP contribution in [0, 0.1) is 0 Å². The van der Waals surface area contributed by atoms with Crippen LogP contribution in [0.2, 0.25) is 0 Å². The summed E-state index contributed by atoms with van der Waals surface area (Å²) in [7, 11) is 1.55. The number of carbonyl (C=O) groups is 1. The van der Waals surface area contributed by atoms with Crippen molar-refractivity contribution in [1.29, 1.82) is 0 Å². The van der Waals surface area contributed by atoms with Crippen molar-refractivity contribution >= 4 is 16.9 Å². The quantitative estimate of drug-likeness (QED) is 0.468. The molecule has 2 atom stereocenters. The molecule has 3 aromatic rings. The number of ether oxygens (including phenoxy) is 3. The molecule has 2 aromatic carbocycles. The van der Waals surface area contributed by atoms with Gasteiger partial charge in [0.05, 0.1) is 31.5 Å². The van der Waals surface area contributed by atoms with E-state index in [9.17, 15) is 14.7 Å². The molecule has 0 spiro atoms. The van der Waals surface area contributed by atoms with Crippen molar-refractivity contribution in [2.24, 2.45) is 0 Å². The van der Waals surface area contributed by atoms with Gasteiger partial charge in [0.25, 0.3) is 5.91 Å². The molecule has 0 radical (unpaired) electrons. The highest BCUT2D eigenvalue weighted by atomic mass is 16.7. The van der Waals surface area contributed by atoms with Crippen molar-refractivity contribution in [3.05, 3.63) is 93.5 Å². The number of rotatable bonds is 9. The number of amides is 1. The highest BCUT2D eigenvalue weighted by Gasteiger charge is 2.30. The summed E-state index contributed by atoms with van der Waals surface area (Å²) in [5, 5.41) is 12.4. The van der Waals surface area contributed by atoms with E-state index in [1.54, 1.807) is 37.5 Å². The van der Waals surface area contributed by atoms with Gasteiger partial charge >= 0.3 is 0 Å². The van der Waals surface area contributed by atoms with E-state index < -0.39 is 18.1 Å². The maximum atomic E-state index is 13.2. The van der Waals surface area contributed by atoms with Crippen LogP contribution >= 0.6 is 0 Å². The number of nitrogens with one attached hydrogen (secondary N) is 1. The molecule has 0 unspecified atom stereocenters. The number of carbonyl (C=O) groups excluding carboxylic acids is 1. The zero-order valence-electron chi connectivity index (χ0n) is 18.9. The number of hydrogen-bond acceptors (Lipinski definition) is 7. The first-order valence-corrected chi connectivity index (χ1v) is 11.1. The molecular weight excluding hydrogens is 438 g/mol. The summed E-state index contributed by atoms with van der Waals surface area (Å²) in [6.07, 6.45) is 2.68. The van der Waals surface area contributed by atoms with E-state index >= 15 is 0 Å². The SMILES string of the molecule is COCCNC(=O)C1=C[C@H](c2coc3ccccc3c2=O)C[C@H](OCc2ccc(CO)cc2)O1. The molecule has 0 aliphatic carbocycles. The van der Waals surface area contributed by atoms with Gasteiger partial charge < -0.3 is 29.1 Å². The molecule has 4 rings (SSSR count). The Hall–Kier alpha value is -3.46. The second kappa shape index (κ2) is 11.1. The Labute approximate surface area is 196 Å². The Balaban J connectivity index is 1.57. The van der Waals surface area contributed by atoms with Gasteiger partial charge in [-0.2, -0.15) is 0 Å². The van der Waals surface area contributed by atoms with E-state index in [-0.39, 0.29) is 24.4 Å². The second-order valence-electron chi connectivity index (χ2n) is 7.97. The Morgan fingerprint density at radius 2 is 1.91 bits per heavy atom. The average molecular weight is 466 g/mol. The Morgan fingerprint density at radius 3 is 2.68 bits per heavy atom. The van der Waals surface area contributed by atoms with E-state index in [2.05, 4.69) is 5.32 Å². The highest BCUT2D eigenvalue weighted by Crippen LogP contribution is 2.31. The number of aliphatic hydroxyl groups is 1. The predicted molar refractivity (Wildman–Crippen MR) is 125 cm³/mol. The summed E-state index contributed by atoms with van der Waals surface area (Å²) >= 11 is 0. The fraction of sp³-hybridized carbons (Fsp3) is 0.308. The van der Waals surface area contributed by atoms with Crippen LogP contribution in [0.5, 0.6) is 0 Å². The second-order valence-corrected chi connectivity index (χ2v) is 7.97. The Bertz CT molecular complexity index is 1220. The minimum Gasteiger partial charge on any atom is -0.464 e. The van der Waals surface area contributed by atoms with Crippen molar-refractivity contribution in [3.8, 4) is 0 Å². The third-order valence-electron chi connectivity index (χ3n) is 5.62. The Kier molecular flexibility index (Phi) is 7.74. The summed E-state index contributed by atoms with van der Waals surface area (Å²) in [6, 6.07) is 14.4. The topological polar surface area (TPSA) is 107 Å². The number of hydrogen-bond donors (Lipinski definition) is 2. The van der Waals surface area contributed by atoms with Gasteiger partial charge in [0.15, 0.2) is 11.2 Å². The molecule has 1 aliphatic heterocycles. The minimum atomic E-state index is -0.749. The van der Waals surface area contributed by atoms with E-state index in [4.69, 9.17) is 18.6 Å². The first-order valence-electron chi connectivity index (χ1n) is 11.1. The molecule has 0 saturated carbocycles. The molecule has 1 aliphatic rings. The third-order valence-corrected chi connectivity index (χ3v) is 5.62. The van der Waals surface area contributed by atoms with Crippen LogP contribution in [-0.2, 0) is 32.2 Å². The van der Waals surface area contributed by atoms with Crippen LogP contribution in [0.15, 0.2) is 75.8 Å². The van der Waals surface area contributed by atoms with Gasteiger partial charge in [-0.25, -0.2) is 0 Å². The van der Waals surface area contributed by atoms with Crippen molar-refractivity contribution in [2.45, 2.75) is 31.8 Å². The normalized spacial score (nSPS) is 17.8. The van der Waals surface area contributed by atoms with Gasteiger partial charge in [-0.05, 0) is 29.3 Å². The van der Waals surface area contributed by atoms with Crippen molar-refractivity contribution in [1.82, 2.24) is 5.32 Å². The number of aliphatic hydroxyl groups excluding tert-OH is 1. The first kappa shape index (κ1) is 23.7. The summed E-state index contributed by atoms with van der Waals surface area (Å²) < 4.78 is 22.5. The van der Waals surface area contributed by atoms with Crippen molar-refractivity contribution in [3.63, 3.8) is 0 Å². The molecule has 2 N–H and O–H groups in total. The van der Waals surface area contributed by atoms with E-state index in [1.165, 1.54) is 6.26 Å². The number of fused-ring (bicyclic) bond motifs is 1. The van der Waals surface area contributed by atoms with Crippen LogP contribution in [0.3, 0.4) is 0 Å². The highest BCUT2D eigenvalue weighted by molar-refractivity contribution is 5.91. The standard InChI is InChI=1S/C26H27NO7/c1-31-11-10-27-26(30)23-12-19(21-16-32-22-5-3-2-4-20(22)25(21)29)13-24(34-23)33-15-18-8-6-17(14-28)7-9-18/h2-9,12,16,19,24,28H,10-11,13-15H2,1H3,(H,27,30)/t19-,24+/m0/s1. The lowest BCUT2D eigenvalue weighted by atomic mass is 9.93. The van der Waals surface area contributed by atoms with Crippen LogP contribution in [-0.4, -0.2) is 37.6 Å². The summed E-state index contributed by atoms with van der Waals surface area (Å²) in [4.78, 5) is 25.8. The maximum absolute atomic E-state index is 13.2. The lowest BCUT2D eigenvalue weighted by Crippen LogP contribution is -2.34. The molecule has 178 valence electrons. The lowest BCUT2D eigenvalue weighted by Gasteiger charge is -2.29. The van der Waals surface area contributed by atoms with Crippen LogP contribution in [0.25, 0.3) is 11.0 Å². The number of benzene rings is 2. The fourth-order valence-electron chi connectivity index (χ4n) is 3.77. The summed E-state index contributed by atoms with van der Waals surface area (Å²) in [5.41, 5.74) is 2.48. The maximum Gasteiger partial charge on any atom is 0.286 e. The van der Waals surface area contributed by atoms with Gasteiger partial charge in [-0.15, -0.1) is 0 Å². The van der Waals surface area contributed by atoms with Gasteiger partial charge in [0.1, 0.15) is 5.58 Å². The van der Waals surface area contributed by atoms with E-state index in [0.29, 0.717) is 36.1 Å². The largest absolute Gasteiger partial charge is 0.464 e. The van der Waals surface area contributed by atoms with Gasteiger partial charge in [-0.1, -0.05) is 36.4 Å². The predicted octanol–water partition coefficient (Wildman–Crippen LogP) is 2.98. The molecule has 0 saturated heterocycles. The van der Waals surface area contributed by atoms with Crippen LogP contribution in [0.4, 0.5) is 0 Å². The van der Waals surface area contributed by atoms with Gasteiger partial charge in [-0.3, -0.25) is 9.59 Å². The van der Waals surface area contributed by atoms with E-state index in [0.717, 1.165) is 11.1 Å². The number of methoxy groups -OCH3 is 1.